The first-order valence-electron chi connectivity index (χ1n) is 6.59. The van der Waals surface area contributed by atoms with E-state index in [4.69, 9.17) is 15.7 Å². The highest BCUT2D eigenvalue weighted by molar-refractivity contribution is 6.19. The van der Waals surface area contributed by atoms with Crippen molar-refractivity contribution in [3.63, 3.8) is 0 Å². The van der Waals surface area contributed by atoms with E-state index in [1.54, 1.807) is 27.7 Å². The van der Waals surface area contributed by atoms with E-state index in [-0.39, 0.29) is 5.92 Å². The van der Waals surface area contributed by atoms with Gasteiger partial charge in [0.05, 0.1) is 11.1 Å². The lowest BCUT2D eigenvalue weighted by molar-refractivity contribution is -0.104. The Kier molecular flexibility index (Phi) is 4.83. The normalized spacial score (nSPS) is 20.9. The molecule has 4 radical (unpaired) electrons. The Balaban J connectivity index is 5.74. The number of alkyl halides is 2. The minimum absolute atomic E-state index is 0.0327. The number of hydrogen-bond donors (Lipinski definition) is 0. The summed E-state index contributed by atoms with van der Waals surface area (Å²) in [6.45, 7) is 13.4. The van der Waals surface area contributed by atoms with Gasteiger partial charge >= 0.3 is 0 Å². The van der Waals surface area contributed by atoms with Gasteiger partial charge in [0.25, 0.3) is 0 Å². The van der Waals surface area contributed by atoms with Gasteiger partial charge in [-0.15, -0.1) is 0 Å². The smallest absolute Gasteiger partial charge is 0.122 e. The zero-order valence-corrected chi connectivity index (χ0v) is 13.1. The van der Waals surface area contributed by atoms with Crippen LogP contribution in [0.2, 0.25) is 0 Å². The van der Waals surface area contributed by atoms with Crippen molar-refractivity contribution in [3.05, 3.63) is 0 Å². The summed E-state index contributed by atoms with van der Waals surface area (Å²) in [5.74, 6) is -0.552. The zero-order valence-electron chi connectivity index (χ0n) is 13.1. The van der Waals surface area contributed by atoms with Crippen molar-refractivity contribution < 1.29 is 8.78 Å². The molecule has 0 aliphatic carbocycles. The Bertz CT molecular complexity index is 262. The fourth-order valence-electron chi connectivity index (χ4n) is 2.23. The van der Waals surface area contributed by atoms with Crippen LogP contribution in [0.25, 0.3) is 0 Å². The molecule has 102 valence electrons. The molecule has 0 saturated carbocycles. The summed E-state index contributed by atoms with van der Waals surface area (Å²) in [4.78, 5) is 0. The van der Waals surface area contributed by atoms with E-state index >= 15 is 4.39 Å². The predicted molar refractivity (Wildman–Crippen MR) is 76.4 cm³/mol. The SMILES string of the molecule is [B]C(F)(C(C)C)C(C)(C)C([B])(F)C(C)(C)C(C)C. The molecule has 0 amide bonds. The second kappa shape index (κ2) is 4.83. The largest absolute Gasteiger partial charge is 0.254 e. The standard InChI is InChI=1S/C14H26B2F2/c1-9(2)11(5,6)14(16,18)12(7,8)13(15,17)10(3)4/h9-10H,1-8H3. The maximum Gasteiger partial charge on any atom is 0.122 e. The first kappa shape index (κ1) is 18.0. The van der Waals surface area contributed by atoms with Crippen LogP contribution in [0.5, 0.6) is 0 Å². The molecule has 0 nitrogen and oxygen atoms in total. The highest BCUT2D eigenvalue weighted by Crippen LogP contribution is 2.55. The van der Waals surface area contributed by atoms with Crippen LogP contribution in [-0.4, -0.2) is 26.8 Å². The highest BCUT2D eigenvalue weighted by atomic mass is 19.2. The van der Waals surface area contributed by atoms with E-state index in [0.29, 0.717) is 0 Å². The molecule has 0 heterocycles. The van der Waals surface area contributed by atoms with Crippen LogP contribution >= 0.6 is 0 Å². The third-order valence-electron chi connectivity index (χ3n) is 5.09. The summed E-state index contributed by atoms with van der Waals surface area (Å²) in [5, 5.41) is 0. The molecule has 2 atom stereocenters. The molecular formula is C14H26B2F2. The van der Waals surface area contributed by atoms with Crippen LogP contribution in [0.1, 0.15) is 55.4 Å². The topological polar surface area (TPSA) is 0 Å². The van der Waals surface area contributed by atoms with E-state index in [0.717, 1.165) is 0 Å². The lowest BCUT2D eigenvalue weighted by atomic mass is 9.42. The molecular weight excluding hydrogens is 228 g/mol. The maximum absolute atomic E-state index is 15.2. The molecule has 2 unspecified atom stereocenters. The molecule has 0 aliphatic heterocycles. The summed E-state index contributed by atoms with van der Waals surface area (Å²) < 4.78 is 29.9. The van der Waals surface area contributed by atoms with Crippen LogP contribution in [0.15, 0.2) is 0 Å². The molecule has 0 fully saturated rings. The Hall–Kier alpha value is -0.0101. The van der Waals surface area contributed by atoms with Crippen molar-refractivity contribution in [2.45, 2.75) is 66.5 Å². The van der Waals surface area contributed by atoms with Crippen LogP contribution in [0.3, 0.4) is 0 Å². The van der Waals surface area contributed by atoms with Gasteiger partial charge in [0.1, 0.15) is 15.7 Å². The van der Waals surface area contributed by atoms with Crippen molar-refractivity contribution in [1.29, 1.82) is 0 Å². The number of halogens is 2. The summed E-state index contributed by atoms with van der Waals surface area (Å²) in [7, 11) is 11.6. The van der Waals surface area contributed by atoms with Crippen LogP contribution in [0.4, 0.5) is 8.78 Å². The maximum atomic E-state index is 15.2. The zero-order chi connectivity index (χ0) is 15.2. The fraction of sp³-hybridized carbons (Fsp3) is 1.00. The van der Waals surface area contributed by atoms with Crippen molar-refractivity contribution in [2.75, 3.05) is 0 Å². The van der Waals surface area contributed by atoms with E-state index in [1.165, 1.54) is 13.8 Å². The molecule has 0 rings (SSSR count). The molecule has 0 saturated heterocycles. The Morgan fingerprint density at radius 3 is 1.33 bits per heavy atom. The van der Waals surface area contributed by atoms with Crippen molar-refractivity contribution in [1.82, 2.24) is 0 Å². The minimum atomic E-state index is -2.22. The molecule has 0 aliphatic rings. The summed E-state index contributed by atoms with van der Waals surface area (Å²) >= 11 is 0. The second-order valence-corrected chi connectivity index (χ2v) is 7.14. The van der Waals surface area contributed by atoms with Crippen LogP contribution in [0, 0.1) is 22.7 Å². The van der Waals surface area contributed by atoms with Gasteiger partial charge in [0.15, 0.2) is 0 Å². The van der Waals surface area contributed by atoms with E-state index < -0.39 is 27.9 Å². The molecule has 0 aromatic rings. The number of rotatable bonds is 5. The average Bonchev–Trinajstić information content (AvgIpc) is 2.15. The third-order valence-corrected chi connectivity index (χ3v) is 5.09. The van der Waals surface area contributed by atoms with E-state index in [9.17, 15) is 4.39 Å². The Labute approximate surface area is 114 Å². The molecule has 0 bridgehead atoms. The fourth-order valence-corrected chi connectivity index (χ4v) is 2.23. The molecule has 0 aromatic heterocycles. The Morgan fingerprint density at radius 1 is 0.778 bits per heavy atom. The minimum Gasteiger partial charge on any atom is -0.254 e. The third kappa shape index (κ3) is 2.36. The molecule has 0 spiro atoms. The highest BCUT2D eigenvalue weighted by Gasteiger charge is 2.60. The van der Waals surface area contributed by atoms with Gasteiger partial charge in [-0.05, 0) is 17.3 Å². The lowest BCUT2D eigenvalue weighted by Gasteiger charge is -2.57. The van der Waals surface area contributed by atoms with Gasteiger partial charge in [-0.3, -0.25) is 8.78 Å². The van der Waals surface area contributed by atoms with Gasteiger partial charge in [-0.2, -0.15) is 0 Å². The van der Waals surface area contributed by atoms with Crippen molar-refractivity contribution in [3.8, 4) is 0 Å². The van der Waals surface area contributed by atoms with Gasteiger partial charge in [-0.25, -0.2) is 0 Å². The van der Waals surface area contributed by atoms with Crippen LogP contribution in [-0.2, 0) is 0 Å². The van der Waals surface area contributed by atoms with Crippen LogP contribution < -0.4 is 0 Å². The first-order valence-corrected chi connectivity index (χ1v) is 6.59. The van der Waals surface area contributed by atoms with E-state index in [2.05, 4.69) is 0 Å². The molecule has 0 aromatic carbocycles. The molecule has 0 N–H and O–H groups in total. The van der Waals surface area contributed by atoms with Gasteiger partial charge in [-0.1, -0.05) is 55.4 Å². The Morgan fingerprint density at radius 2 is 1.11 bits per heavy atom. The second-order valence-electron chi connectivity index (χ2n) is 7.14. The summed E-state index contributed by atoms with van der Waals surface area (Å²) in [5.41, 5.74) is -6.78. The summed E-state index contributed by atoms with van der Waals surface area (Å²) in [6, 6.07) is 0. The summed E-state index contributed by atoms with van der Waals surface area (Å²) in [6.07, 6.45) is 0. The first-order chi connectivity index (χ1) is 7.64. The van der Waals surface area contributed by atoms with E-state index in [1.807, 2.05) is 13.8 Å². The van der Waals surface area contributed by atoms with Crippen molar-refractivity contribution >= 4 is 15.7 Å². The van der Waals surface area contributed by atoms with Gasteiger partial charge in [0.2, 0.25) is 0 Å². The quantitative estimate of drug-likeness (QED) is 0.650. The molecule has 4 heteroatoms. The lowest BCUT2D eigenvalue weighted by Crippen LogP contribution is -2.64. The van der Waals surface area contributed by atoms with Crippen molar-refractivity contribution in [2.24, 2.45) is 22.7 Å². The predicted octanol–water partition coefficient (Wildman–Crippen LogP) is 4.02. The number of hydrogen-bond acceptors (Lipinski definition) is 0. The average molecular weight is 254 g/mol. The van der Waals surface area contributed by atoms with Gasteiger partial charge < -0.3 is 0 Å². The molecule has 18 heavy (non-hydrogen) atoms. The van der Waals surface area contributed by atoms with Gasteiger partial charge in [0, 0.05) is 5.41 Å². The monoisotopic (exact) mass is 254 g/mol.